The lowest BCUT2D eigenvalue weighted by molar-refractivity contribution is -0.286. The zero-order chi connectivity index (χ0) is 20.6. The van der Waals surface area contributed by atoms with Gasteiger partial charge in [0.1, 0.15) is 11.9 Å². The predicted octanol–water partition coefficient (Wildman–Crippen LogP) is 3.84. The van der Waals surface area contributed by atoms with Crippen LogP contribution in [-0.2, 0) is 9.47 Å². The molecule has 1 N–H and O–H groups in total. The third kappa shape index (κ3) is 2.19. The molecular formula is C21H22N4O3. The van der Waals surface area contributed by atoms with Gasteiger partial charge in [0.15, 0.2) is 5.41 Å². The van der Waals surface area contributed by atoms with E-state index in [1.54, 1.807) is 24.3 Å². The molecule has 2 aliphatic heterocycles. The van der Waals surface area contributed by atoms with Crippen LogP contribution in [-0.4, -0.2) is 18.8 Å². The molecular weight excluding hydrogens is 356 g/mol. The largest absolute Gasteiger partial charge is 0.497 e. The second-order valence-electron chi connectivity index (χ2n) is 7.18. The van der Waals surface area contributed by atoms with Crippen LogP contribution in [0.3, 0.4) is 0 Å². The van der Waals surface area contributed by atoms with Crippen LogP contribution < -0.4 is 4.74 Å². The summed E-state index contributed by atoms with van der Waals surface area (Å²) < 4.78 is 17.5. The maximum atomic E-state index is 10.2. The van der Waals surface area contributed by atoms with Crippen molar-refractivity contribution in [1.82, 2.24) is 0 Å². The number of benzene rings is 1. The van der Waals surface area contributed by atoms with Crippen molar-refractivity contribution in [2.45, 2.75) is 45.0 Å². The molecule has 2 aliphatic rings. The normalized spacial score (nSPS) is 32.5. The van der Waals surface area contributed by atoms with E-state index in [0.29, 0.717) is 30.6 Å². The standard InChI is InChI=1S/C21H22N4O3/c1-4-9-21-16(5-2)20(13-24,18(25)28-21)19(11-22,12-23)17(27-21)14-7-6-8-15(10-14)26-3/h6-8,10,16-17,25H,4-5,9H2,1-3H3. The van der Waals surface area contributed by atoms with Crippen molar-refractivity contribution in [3.05, 3.63) is 29.8 Å². The molecule has 144 valence electrons. The van der Waals surface area contributed by atoms with Crippen LogP contribution in [0.15, 0.2) is 24.3 Å². The smallest absolute Gasteiger partial charge is 0.217 e. The van der Waals surface area contributed by atoms with Gasteiger partial charge in [0.2, 0.25) is 17.1 Å². The quantitative estimate of drug-likeness (QED) is 0.830. The molecule has 0 aromatic heterocycles. The highest BCUT2D eigenvalue weighted by molar-refractivity contribution is 5.89. The Bertz CT molecular complexity index is 911. The molecule has 3 rings (SSSR count). The summed E-state index contributed by atoms with van der Waals surface area (Å²) in [5.41, 5.74) is -3.11. The molecule has 2 bridgehead atoms. The number of methoxy groups -OCH3 is 1. The molecule has 2 saturated heterocycles. The monoisotopic (exact) mass is 378 g/mol. The summed E-state index contributed by atoms with van der Waals surface area (Å²) in [6, 6.07) is 13.2. The van der Waals surface area contributed by atoms with Gasteiger partial charge < -0.3 is 14.2 Å². The topological polar surface area (TPSA) is 123 Å². The Kier molecular flexibility index (Phi) is 4.79. The fraction of sp³-hybridized carbons (Fsp3) is 0.524. The highest BCUT2D eigenvalue weighted by Gasteiger charge is 2.79. The average Bonchev–Trinajstić information content (AvgIpc) is 2.91. The Labute approximate surface area is 164 Å². The van der Waals surface area contributed by atoms with Crippen molar-refractivity contribution < 1.29 is 14.2 Å². The number of hydrogen-bond donors (Lipinski definition) is 1. The summed E-state index contributed by atoms with van der Waals surface area (Å²) in [7, 11) is 1.52. The molecule has 0 radical (unpaired) electrons. The molecule has 4 unspecified atom stereocenters. The number of nitriles is 3. The van der Waals surface area contributed by atoms with E-state index < -0.39 is 28.6 Å². The van der Waals surface area contributed by atoms with E-state index in [4.69, 9.17) is 19.6 Å². The van der Waals surface area contributed by atoms with Crippen LogP contribution in [0.5, 0.6) is 5.75 Å². The van der Waals surface area contributed by atoms with Gasteiger partial charge in [-0.1, -0.05) is 26.0 Å². The fourth-order valence-electron chi connectivity index (χ4n) is 4.78. The first-order valence-electron chi connectivity index (χ1n) is 9.28. The Balaban J connectivity index is 2.33. The summed E-state index contributed by atoms with van der Waals surface area (Å²) in [6.07, 6.45) is 0.521. The third-order valence-corrected chi connectivity index (χ3v) is 5.95. The zero-order valence-electron chi connectivity index (χ0n) is 16.2. The van der Waals surface area contributed by atoms with E-state index in [1.165, 1.54) is 7.11 Å². The van der Waals surface area contributed by atoms with E-state index >= 15 is 0 Å². The maximum absolute atomic E-state index is 10.2. The Morgan fingerprint density at radius 3 is 2.43 bits per heavy atom. The predicted molar refractivity (Wildman–Crippen MR) is 98.8 cm³/mol. The molecule has 7 nitrogen and oxygen atoms in total. The van der Waals surface area contributed by atoms with E-state index in [0.717, 1.165) is 0 Å². The van der Waals surface area contributed by atoms with E-state index in [2.05, 4.69) is 18.2 Å². The minimum absolute atomic E-state index is 0.358. The lowest BCUT2D eigenvalue weighted by Gasteiger charge is -2.49. The van der Waals surface area contributed by atoms with Gasteiger partial charge in [-0.2, -0.15) is 15.8 Å². The van der Waals surface area contributed by atoms with Crippen LogP contribution in [0, 0.1) is 56.2 Å². The molecule has 4 atom stereocenters. The lowest BCUT2D eigenvalue weighted by atomic mass is 9.52. The SMILES string of the molecule is CCCC12OC(=N)C(C#N)(C1CC)C(C#N)(C#N)C(c1cccc(OC)c1)O2. The number of rotatable bonds is 5. The number of nitrogens with one attached hydrogen (secondary N) is 1. The average molecular weight is 378 g/mol. The number of nitrogens with zero attached hydrogens (tertiary/aromatic N) is 3. The summed E-state index contributed by atoms with van der Waals surface area (Å²) >= 11 is 0. The van der Waals surface area contributed by atoms with Gasteiger partial charge in [0.25, 0.3) is 0 Å². The highest BCUT2D eigenvalue weighted by Crippen LogP contribution is 2.68. The van der Waals surface area contributed by atoms with Gasteiger partial charge in [-0.15, -0.1) is 0 Å². The summed E-state index contributed by atoms with van der Waals surface area (Å²) in [5, 5.41) is 39.1. The molecule has 7 heteroatoms. The molecule has 0 aliphatic carbocycles. The first-order valence-corrected chi connectivity index (χ1v) is 9.28. The first-order chi connectivity index (χ1) is 13.4. The molecule has 1 aromatic carbocycles. The molecule has 0 spiro atoms. The van der Waals surface area contributed by atoms with Gasteiger partial charge in [-0.05, 0) is 30.5 Å². The second-order valence-corrected chi connectivity index (χ2v) is 7.18. The Morgan fingerprint density at radius 1 is 1.18 bits per heavy atom. The molecule has 0 amide bonds. The molecule has 1 aromatic rings. The Morgan fingerprint density at radius 2 is 1.89 bits per heavy atom. The minimum Gasteiger partial charge on any atom is -0.497 e. The van der Waals surface area contributed by atoms with Crippen molar-refractivity contribution in [3.63, 3.8) is 0 Å². The molecule has 2 heterocycles. The minimum atomic E-state index is -1.93. The number of fused-ring (bicyclic) bond motifs is 2. The maximum Gasteiger partial charge on any atom is 0.217 e. The van der Waals surface area contributed by atoms with Gasteiger partial charge >= 0.3 is 0 Å². The summed E-state index contributed by atoms with van der Waals surface area (Å²) in [4.78, 5) is 0. The molecule has 2 fully saturated rings. The van der Waals surface area contributed by atoms with E-state index in [-0.39, 0.29) is 5.90 Å². The van der Waals surface area contributed by atoms with Gasteiger partial charge in [-0.25, -0.2) is 0 Å². The van der Waals surface area contributed by atoms with E-state index in [9.17, 15) is 15.8 Å². The van der Waals surface area contributed by atoms with Gasteiger partial charge in [0, 0.05) is 6.42 Å². The van der Waals surface area contributed by atoms with Gasteiger partial charge in [-0.3, -0.25) is 5.41 Å². The van der Waals surface area contributed by atoms with Gasteiger partial charge in [0.05, 0.1) is 31.2 Å². The Hall–Kier alpha value is -3.08. The van der Waals surface area contributed by atoms with Crippen molar-refractivity contribution in [2.24, 2.45) is 16.7 Å². The van der Waals surface area contributed by atoms with Crippen LogP contribution >= 0.6 is 0 Å². The van der Waals surface area contributed by atoms with Crippen molar-refractivity contribution in [3.8, 4) is 24.0 Å². The van der Waals surface area contributed by atoms with Crippen molar-refractivity contribution in [1.29, 1.82) is 21.2 Å². The molecule has 0 saturated carbocycles. The first kappa shape index (κ1) is 19.7. The van der Waals surface area contributed by atoms with Crippen LogP contribution in [0.4, 0.5) is 0 Å². The number of hydrogen-bond acceptors (Lipinski definition) is 7. The fourth-order valence-corrected chi connectivity index (χ4v) is 4.78. The highest BCUT2D eigenvalue weighted by atomic mass is 16.7. The van der Waals surface area contributed by atoms with Crippen molar-refractivity contribution in [2.75, 3.05) is 7.11 Å². The molecule has 28 heavy (non-hydrogen) atoms. The summed E-state index contributed by atoms with van der Waals surface area (Å²) in [6.45, 7) is 3.82. The lowest BCUT2D eigenvalue weighted by Crippen LogP contribution is -2.59. The van der Waals surface area contributed by atoms with Crippen molar-refractivity contribution >= 4 is 5.90 Å². The zero-order valence-corrected chi connectivity index (χ0v) is 16.2. The van der Waals surface area contributed by atoms with Crippen LogP contribution in [0.25, 0.3) is 0 Å². The summed E-state index contributed by atoms with van der Waals surface area (Å²) in [5.74, 6) is -1.63. The van der Waals surface area contributed by atoms with Crippen LogP contribution in [0.1, 0.15) is 44.8 Å². The van der Waals surface area contributed by atoms with Crippen LogP contribution in [0.2, 0.25) is 0 Å². The third-order valence-electron chi connectivity index (χ3n) is 5.95. The number of ether oxygens (including phenoxy) is 3. The second kappa shape index (κ2) is 6.82. The van der Waals surface area contributed by atoms with E-state index in [1.807, 2.05) is 13.8 Å².